The number of nitrogen functional groups attached to an aromatic ring is 1. The molecule has 4 nitrogen and oxygen atoms in total. The van der Waals surface area contributed by atoms with Crippen LogP contribution >= 0.6 is 0 Å². The van der Waals surface area contributed by atoms with Gasteiger partial charge in [0.15, 0.2) is 0 Å². The van der Waals surface area contributed by atoms with Crippen LogP contribution in [0.15, 0.2) is 42.7 Å². The fourth-order valence-corrected chi connectivity index (χ4v) is 2.36. The molecule has 0 fully saturated rings. The quantitative estimate of drug-likeness (QED) is 0.694. The van der Waals surface area contributed by atoms with E-state index in [1.165, 1.54) is 11.1 Å². The molecular weight excluding hydrogens is 248 g/mol. The van der Waals surface area contributed by atoms with Crippen molar-refractivity contribution in [2.24, 2.45) is 0 Å². The number of aryl methyl sites for hydroxylation is 2. The lowest BCUT2D eigenvalue weighted by Crippen LogP contribution is -1.97. The molecule has 1 heterocycles. The Labute approximate surface area is 117 Å². The Morgan fingerprint density at radius 3 is 2.45 bits per heavy atom. The summed E-state index contributed by atoms with van der Waals surface area (Å²) in [5.41, 5.74) is 10.8. The van der Waals surface area contributed by atoms with Crippen LogP contribution in [0.1, 0.15) is 11.1 Å². The fraction of sp³-hybridized carbons (Fsp3) is 0.125. The minimum atomic E-state index is 0.702. The highest BCUT2D eigenvalue weighted by Gasteiger charge is 2.05. The predicted octanol–water partition coefficient (Wildman–Crippen LogP) is 3.57. The van der Waals surface area contributed by atoms with E-state index in [9.17, 15) is 0 Å². The van der Waals surface area contributed by atoms with Crippen molar-refractivity contribution < 1.29 is 0 Å². The first kappa shape index (κ1) is 12.4. The average molecular weight is 264 g/mol. The standard InChI is InChI=1S/C16H16N4/c1-10-5-11(2)7-13(6-10)20-16-14-4-3-12(17)8-15(14)18-9-19-16/h3-9H,17H2,1-2H3,(H,18,19,20). The minimum Gasteiger partial charge on any atom is -0.399 e. The lowest BCUT2D eigenvalue weighted by atomic mass is 10.1. The van der Waals surface area contributed by atoms with Crippen LogP contribution in [0.4, 0.5) is 17.2 Å². The summed E-state index contributed by atoms with van der Waals surface area (Å²) in [6.45, 7) is 4.16. The van der Waals surface area contributed by atoms with E-state index < -0.39 is 0 Å². The molecular formula is C16H16N4. The number of aromatic nitrogens is 2. The van der Waals surface area contributed by atoms with Crippen LogP contribution in [-0.2, 0) is 0 Å². The zero-order valence-electron chi connectivity index (χ0n) is 11.5. The molecule has 1 aromatic heterocycles. The van der Waals surface area contributed by atoms with Gasteiger partial charge in [0.05, 0.1) is 5.52 Å². The molecule has 0 aliphatic carbocycles. The van der Waals surface area contributed by atoms with Gasteiger partial charge in [-0.2, -0.15) is 0 Å². The van der Waals surface area contributed by atoms with Crippen molar-refractivity contribution in [3.05, 3.63) is 53.9 Å². The summed E-state index contributed by atoms with van der Waals surface area (Å²) in [5.74, 6) is 0.792. The average Bonchev–Trinajstić information content (AvgIpc) is 2.37. The van der Waals surface area contributed by atoms with Crippen LogP contribution in [0.5, 0.6) is 0 Å². The second kappa shape index (κ2) is 4.81. The van der Waals surface area contributed by atoms with E-state index in [0.717, 1.165) is 22.4 Å². The third-order valence-corrected chi connectivity index (χ3v) is 3.14. The number of nitrogens with zero attached hydrogens (tertiary/aromatic N) is 2. The van der Waals surface area contributed by atoms with Crippen LogP contribution in [0, 0.1) is 13.8 Å². The van der Waals surface area contributed by atoms with Gasteiger partial charge in [-0.3, -0.25) is 0 Å². The molecule has 0 amide bonds. The van der Waals surface area contributed by atoms with Gasteiger partial charge < -0.3 is 11.1 Å². The van der Waals surface area contributed by atoms with Crippen molar-refractivity contribution in [1.82, 2.24) is 9.97 Å². The lowest BCUT2D eigenvalue weighted by molar-refractivity contribution is 1.22. The molecule has 0 radical (unpaired) electrons. The highest BCUT2D eigenvalue weighted by atomic mass is 15.0. The van der Waals surface area contributed by atoms with Crippen molar-refractivity contribution in [3.8, 4) is 0 Å². The summed E-state index contributed by atoms with van der Waals surface area (Å²) in [7, 11) is 0. The zero-order chi connectivity index (χ0) is 14.1. The van der Waals surface area contributed by atoms with E-state index in [4.69, 9.17) is 5.73 Å². The Hall–Kier alpha value is -2.62. The minimum absolute atomic E-state index is 0.702. The Balaban J connectivity index is 2.06. The van der Waals surface area contributed by atoms with Gasteiger partial charge in [-0.05, 0) is 55.3 Å². The molecule has 0 spiro atoms. The molecule has 3 aromatic rings. The first-order valence-electron chi connectivity index (χ1n) is 6.47. The van der Waals surface area contributed by atoms with Crippen LogP contribution in [0.2, 0.25) is 0 Å². The molecule has 3 N–H and O–H groups in total. The van der Waals surface area contributed by atoms with E-state index in [2.05, 4.69) is 47.3 Å². The Morgan fingerprint density at radius 2 is 1.70 bits per heavy atom. The molecule has 2 aromatic carbocycles. The summed E-state index contributed by atoms with van der Waals surface area (Å²) in [4.78, 5) is 8.58. The number of rotatable bonds is 2. The molecule has 0 saturated heterocycles. The largest absolute Gasteiger partial charge is 0.399 e. The van der Waals surface area contributed by atoms with Crippen LogP contribution in [-0.4, -0.2) is 9.97 Å². The third-order valence-electron chi connectivity index (χ3n) is 3.14. The molecule has 0 aliphatic rings. The van der Waals surface area contributed by atoms with Crippen molar-refractivity contribution in [2.75, 3.05) is 11.1 Å². The summed E-state index contributed by atoms with van der Waals surface area (Å²) < 4.78 is 0. The fourth-order valence-electron chi connectivity index (χ4n) is 2.36. The lowest BCUT2D eigenvalue weighted by Gasteiger charge is -2.10. The van der Waals surface area contributed by atoms with Crippen LogP contribution < -0.4 is 11.1 Å². The highest BCUT2D eigenvalue weighted by Crippen LogP contribution is 2.25. The van der Waals surface area contributed by atoms with E-state index in [1.54, 1.807) is 6.33 Å². The van der Waals surface area contributed by atoms with Crippen LogP contribution in [0.3, 0.4) is 0 Å². The maximum absolute atomic E-state index is 5.79. The summed E-state index contributed by atoms with van der Waals surface area (Å²) in [6.07, 6.45) is 1.55. The molecule has 100 valence electrons. The Bertz CT molecular complexity index is 760. The first-order valence-corrected chi connectivity index (χ1v) is 6.47. The predicted molar refractivity (Wildman–Crippen MR) is 83.1 cm³/mol. The molecule has 0 saturated carbocycles. The highest BCUT2D eigenvalue weighted by molar-refractivity contribution is 5.92. The third kappa shape index (κ3) is 2.40. The van der Waals surface area contributed by atoms with Gasteiger partial charge in [-0.25, -0.2) is 9.97 Å². The Kier molecular flexibility index (Phi) is 2.99. The number of anilines is 3. The summed E-state index contributed by atoms with van der Waals surface area (Å²) in [6, 6.07) is 12.0. The second-order valence-electron chi connectivity index (χ2n) is 5.00. The van der Waals surface area contributed by atoms with E-state index in [1.807, 2.05) is 18.2 Å². The summed E-state index contributed by atoms with van der Waals surface area (Å²) >= 11 is 0. The van der Waals surface area contributed by atoms with Gasteiger partial charge in [-0.1, -0.05) is 6.07 Å². The van der Waals surface area contributed by atoms with Gasteiger partial charge in [0, 0.05) is 16.8 Å². The van der Waals surface area contributed by atoms with Crippen molar-refractivity contribution >= 4 is 28.1 Å². The van der Waals surface area contributed by atoms with Crippen LogP contribution in [0.25, 0.3) is 10.9 Å². The van der Waals surface area contributed by atoms with Gasteiger partial charge in [-0.15, -0.1) is 0 Å². The number of fused-ring (bicyclic) bond motifs is 1. The topological polar surface area (TPSA) is 63.8 Å². The van der Waals surface area contributed by atoms with Gasteiger partial charge in [0.2, 0.25) is 0 Å². The monoisotopic (exact) mass is 264 g/mol. The number of nitrogens with one attached hydrogen (secondary N) is 1. The maximum Gasteiger partial charge on any atom is 0.141 e. The smallest absolute Gasteiger partial charge is 0.141 e. The summed E-state index contributed by atoms with van der Waals surface area (Å²) in [5, 5.41) is 4.32. The number of hydrogen-bond acceptors (Lipinski definition) is 4. The molecule has 4 heteroatoms. The Morgan fingerprint density at radius 1 is 0.950 bits per heavy atom. The molecule has 20 heavy (non-hydrogen) atoms. The van der Waals surface area contributed by atoms with Gasteiger partial charge in [0.1, 0.15) is 12.1 Å². The zero-order valence-corrected chi connectivity index (χ0v) is 11.5. The molecule has 0 atom stereocenters. The molecule has 0 aliphatic heterocycles. The van der Waals surface area contributed by atoms with Gasteiger partial charge in [0.25, 0.3) is 0 Å². The second-order valence-corrected chi connectivity index (χ2v) is 5.00. The van der Waals surface area contributed by atoms with E-state index >= 15 is 0 Å². The first-order chi connectivity index (χ1) is 9.61. The molecule has 0 bridgehead atoms. The van der Waals surface area contributed by atoms with Crippen molar-refractivity contribution in [1.29, 1.82) is 0 Å². The number of hydrogen-bond donors (Lipinski definition) is 2. The van der Waals surface area contributed by atoms with Gasteiger partial charge >= 0.3 is 0 Å². The molecule has 3 rings (SSSR count). The van der Waals surface area contributed by atoms with Crippen molar-refractivity contribution in [2.45, 2.75) is 13.8 Å². The maximum atomic E-state index is 5.79. The number of benzene rings is 2. The van der Waals surface area contributed by atoms with E-state index in [0.29, 0.717) is 5.69 Å². The SMILES string of the molecule is Cc1cc(C)cc(Nc2ncnc3cc(N)ccc23)c1. The number of nitrogens with two attached hydrogens (primary N) is 1. The molecule has 0 unspecified atom stereocenters. The van der Waals surface area contributed by atoms with Crippen molar-refractivity contribution in [3.63, 3.8) is 0 Å². The van der Waals surface area contributed by atoms with E-state index in [-0.39, 0.29) is 0 Å². The normalized spacial score (nSPS) is 10.7.